The van der Waals surface area contributed by atoms with Crippen molar-refractivity contribution in [2.75, 3.05) is 5.32 Å². The number of nitrogens with zero attached hydrogens (tertiary/aromatic N) is 1. The third kappa shape index (κ3) is 4.87. The van der Waals surface area contributed by atoms with E-state index in [1.807, 2.05) is 0 Å². The molecular weight excluding hydrogens is 483 g/mol. The molecule has 0 spiro atoms. The van der Waals surface area contributed by atoms with Gasteiger partial charge in [-0.15, -0.1) is 0 Å². The fraction of sp³-hybridized carbons (Fsp3) is 0.304. The highest BCUT2D eigenvalue weighted by atomic mass is 35.5. The zero-order valence-corrected chi connectivity index (χ0v) is 18.6. The molecule has 4 nitrogen and oxygen atoms in total. The van der Waals surface area contributed by atoms with Gasteiger partial charge in [-0.25, -0.2) is 4.39 Å². The van der Waals surface area contributed by atoms with Crippen LogP contribution in [-0.4, -0.2) is 17.8 Å². The molecule has 1 heterocycles. The standard InChI is InChI=1S/C23H18Cl2F4N2O2/c24-16-9-15(10-17(25)11-16)22(23(27,28)29)12-18(31-33-22)6-4-13-5-7-19(26)20(8-13)30-21(32)14-2-1-3-14/h4-11,14H,1-3,12H2,(H,30,32)/b6-4+. The Kier molecular flexibility index (Phi) is 6.42. The van der Waals surface area contributed by atoms with E-state index in [1.54, 1.807) is 0 Å². The Balaban J connectivity index is 1.53. The van der Waals surface area contributed by atoms with Crippen LogP contribution in [0.25, 0.3) is 6.08 Å². The van der Waals surface area contributed by atoms with Gasteiger partial charge in [0.1, 0.15) is 5.82 Å². The minimum absolute atomic E-state index is 0.0110. The number of benzene rings is 2. The van der Waals surface area contributed by atoms with Crippen molar-refractivity contribution < 1.29 is 27.2 Å². The number of carbonyl (C=O) groups excluding carboxylic acids is 1. The molecule has 2 aromatic carbocycles. The summed E-state index contributed by atoms with van der Waals surface area (Å²) in [5.74, 6) is -0.968. The Morgan fingerprint density at radius 2 is 1.82 bits per heavy atom. The van der Waals surface area contributed by atoms with E-state index in [0.29, 0.717) is 5.56 Å². The second-order valence-electron chi connectivity index (χ2n) is 8.02. The number of amides is 1. The number of hydrogen-bond donors (Lipinski definition) is 1. The van der Waals surface area contributed by atoms with E-state index < -0.39 is 24.0 Å². The van der Waals surface area contributed by atoms with E-state index in [2.05, 4.69) is 10.5 Å². The van der Waals surface area contributed by atoms with Gasteiger partial charge >= 0.3 is 6.18 Å². The second kappa shape index (κ2) is 8.99. The largest absolute Gasteiger partial charge is 0.435 e. The third-order valence-electron chi connectivity index (χ3n) is 5.73. The Morgan fingerprint density at radius 3 is 2.42 bits per heavy atom. The fourth-order valence-corrected chi connectivity index (χ4v) is 4.17. The van der Waals surface area contributed by atoms with E-state index in [1.165, 1.54) is 36.4 Å². The van der Waals surface area contributed by atoms with Crippen LogP contribution < -0.4 is 5.32 Å². The van der Waals surface area contributed by atoms with Crippen molar-refractivity contribution in [3.05, 3.63) is 69.5 Å². The van der Waals surface area contributed by atoms with Gasteiger partial charge in [-0.05, 0) is 54.8 Å². The summed E-state index contributed by atoms with van der Waals surface area (Å²) in [5.41, 5.74) is -2.49. The lowest BCUT2D eigenvalue weighted by Crippen LogP contribution is -2.42. The summed E-state index contributed by atoms with van der Waals surface area (Å²) in [6, 6.07) is 7.63. The van der Waals surface area contributed by atoms with E-state index >= 15 is 0 Å². The molecule has 0 saturated heterocycles. The van der Waals surface area contributed by atoms with Crippen molar-refractivity contribution in [3.63, 3.8) is 0 Å². The van der Waals surface area contributed by atoms with Crippen LogP contribution in [-0.2, 0) is 15.2 Å². The molecule has 1 aliphatic heterocycles. The lowest BCUT2D eigenvalue weighted by Gasteiger charge is -2.29. The molecular formula is C23H18Cl2F4N2O2. The maximum atomic E-state index is 14.1. The van der Waals surface area contributed by atoms with Gasteiger partial charge in [0.05, 0.1) is 11.4 Å². The van der Waals surface area contributed by atoms with Crippen LogP contribution in [0.4, 0.5) is 23.2 Å². The van der Waals surface area contributed by atoms with E-state index in [0.717, 1.165) is 31.4 Å². The SMILES string of the molecule is O=C(Nc1cc(/C=C/C2=NOC(c3cc(Cl)cc(Cl)c3)(C(F)(F)F)C2)ccc1F)C1CCC1. The summed E-state index contributed by atoms with van der Waals surface area (Å²) in [6.07, 6.45) is -0.0702. The van der Waals surface area contributed by atoms with Crippen LogP contribution in [0.3, 0.4) is 0 Å². The molecule has 2 aromatic rings. The molecule has 33 heavy (non-hydrogen) atoms. The summed E-state index contributed by atoms with van der Waals surface area (Å²) in [4.78, 5) is 17.0. The molecule has 0 aromatic heterocycles. The molecule has 1 atom stereocenters. The maximum absolute atomic E-state index is 14.1. The predicted molar refractivity (Wildman–Crippen MR) is 119 cm³/mol. The smallest absolute Gasteiger partial charge is 0.374 e. The molecule has 1 unspecified atom stereocenters. The maximum Gasteiger partial charge on any atom is 0.435 e. The number of alkyl halides is 3. The topological polar surface area (TPSA) is 50.7 Å². The van der Waals surface area contributed by atoms with Gasteiger partial charge in [-0.2, -0.15) is 13.2 Å². The zero-order chi connectivity index (χ0) is 23.8. The number of anilines is 1. The Hall–Kier alpha value is -2.58. The number of rotatable bonds is 5. The van der Waals surface area contributed by atoms with Crippen molar-refractivity contribution in [3.8, 4) is 0 Å². The number of oxime groups is 1. The number of allylic oxidation sites excluding steroid dienone is 1. The van der Waals surface area contributed by atoms with Gasteiger partial charge in [0.2, 0.25) is 5.91 Å². The van der Waals surface area contributed by atoms with Crippen molar-refractivity contribution >= 4 is 46.6 Å². The highest BCUT2D eigenvalue weighted by Gasteiger charge is 2.62. The Morgan fingerprint density at radius 1 is 1.12 bits per heavy atom. The van der Waals surface area contributed by atoms with Crippen LogP contribution in [0, 0.1) is 11.7 Å². The molecule has 4 rings (SSSR count). The molecule has 1 aliphatic carbocycles. The van der Waals surface area contributed by atoms with Crippen LogP contribution in [0.15, 0.2) is 47.6 Å². The fourth-order valence-electron chi connectivity index (χ4n) is 3.64. The summed E-state index contributed by atoms with van der Waals surface area (Å²) >= 11 is 11.8. The highest BCUT2D eigenvalue weighted by molar-refractivity contribution is 6.34. The lowest BCUT2D eigenvalue weighted by molar-refractivity contribution is -0.275. The van der Waals surface area contributed by atoms with Gasteiger partial charge < -0.3 is 10.2 Å². The number of nitrogens with one attached hydrogen (secondary N) is 1. The van der Waals surface area contributed by atoms with Gasteiger partial charge in [0, 0.05) is 27.9 Å². The first-order valence-electron chi connectivity index (χ1n) is 10.1. The van der Waals surface area contributed by atoms with Crippen molar-refractivity contribution in [2.45, 2.75) is 37.5 Å². The molecule has 1 N–H and O–H groups in total. The van der Waals surface area contributed by atoms with Crippen molar-refractivity contribution in [1.29, 1.82) is 0 Å². The Labute approximate surface area is 197 Å². The Bertz CT molecular complexity index is 1130. The monoisotopic (exact) mass is 500 g/mol. The highest BCUT2D eigenvalue weighted by Crippen LogP contribution is 2.49. The van der Waals surface area contributed by atoms with E-state index in [4.69, 9.17) is 28.0 Å². The first-order valence-corrected chi connectivity index (χ1v) is 10.9. The zero-order valence-electron chi connectivity index (χ0n) is 17.1. The average molecular weight is 501 g/mol. The average Bonchev–Trinajstić information content (AvgIpc) is 3.12. The van der Waals surface area contributed by atoms with Crippen LogP contribution in [0.2, 0.25) is 10.0 Å². The van der Waals surface area contributed by atoms with E-state index in [9.17, 15) is 22.4 Å². The van der Waals surface area contributed by atoms with Crippen molar-refractivity contribution in [2.24, 2.45) is 11.1 Å². The third-order valence-corrected chi connectivity index (χ3v) is 6.16. The minimum atomic E-state index is -4.80. The minimum Gasteiger partial charge on any atom is -0.374 e. The molecule has 10 heteroatoms. The van der Waals surface area contributed by atoms with Gasteiger partial charge in [0.25, 0.3) is 5.60 Å². The van der Waals surface area contributed by atoms with Crippen LogP contribution in [0.1, 0.15) is 36.8 Å². The molecule has 2 aliphatic rings. The summed E-state index contributed by atoms with van der Waals surface area (Å²) in [5, 5.41) is 6.26. The van der Waals surface area contributed by atoms with Crippen LogP contribution >= 0.6 is 23.2 Å². The molecule has 1 amide bonds. The molecule has 1 saturated carbocycles. The molecule has 174 valence electrons. The number of halogens is 6. The predicted octanol–water partition coefficient (Wildman–Crippen LogP) is 7.12. The van der Waals surface area contributed by atoms with Crippen LogP contribution in [0.5, 0.6) is 0 Å². The first-order chi connectivity index (χ1) is 15.6. The summed E-state index contributed by atoms with van der Waals surface area (Å²) < 4.78 is 56.2. The van der Waals surface area contributed by atoms with Gasteiger partial charge in [0.15, 0.2) is 0 Å². The number of carbonyl (C=O) groups is 1. The number of hydrogen-bond acceptors (Lipinski definition) is 3. The van der Waals surface area contributed by atoms with E-state index in [-0.39, 0.29) is 38.8 Å². The molecule has 1 fully saturated rings. The molecule has 0 bridgehead atoms. The quantitative estimate of drug-likeness (QED) is 0.444. The summed E-state index contributed by atoms with van der Waals surface area (Å²) in [6.45, 7) is 0. The lowest BCUT2D eigenvalue weighted by atomic mass is 9.85. The second-order valence-corrected chi connectivity index (χ2v) is 8.90. The molecule has 0 radical (unpaired) electrons. The van der Waals surface area contributed by atoms with Crippen molar-refractivity contribution in [1.82, 2.24) is 0 Å². The van der Waals surface area contributed by atoms with Gasteiger partial charge in [-0.3, -0.25) is 4.79 Å². The first kappa shape index (κ1) is 23.6. The normalized spacial score (nSPS) is 21.0. The van der Waals surface area contributed by atoms with Gasteiger partial charge in [-0.1, -0.05) is 46.9 Å². The summed E-state index contributed by atoms with van der Waals surface area (Å²) in [7, 11) is 0.